The summed E-state index contributed by atoms with van der Waals surface area (Å²) in [7, 11) is -3.49. The predicted octanol–water partition coefficient (Wildman–Crippen LogP) is 3.40. The second kappa shape index (κ2) is 6.00. The van der Waals surface area contributed by atoms with Gasteiger partial charge in [0.05, 0.1) is 4.90 Å². The quantitative estimate of drug-likeness (QED) is 0.941. The Morgan fingerprint density at radius 1 is 0.857 bits per heavy atom. The van der Waals surface area contributed by atoms with Crippen LogP contribution in [0.2, 0.25) is 0 Å². The zero-order valence-electron chi connectivity index (χ0n) is 12.9. The molecular weight excluding hydrogens is 282 g/mol. The van der Waals surface area contributed by atoms with Crippen molar-refractivity contribution in [1.82, 2.24) is 4.72 Å². The SMILES string of the molecule is Cc1ccc(CNS(=O)(=O)c2cc(C)c(C)cc2C)cc1. The molecule has 0 amide bonds. The summed E-state index contributed by atoms with van der Waals surface area (Å²) in [5, 5.41) is 0. The number of sulfonamides is 1. The lowest BCUT2D eigenvalue weighted by Crippen LogP contribution is -2.24. The molecule has 0 fully saturated rings. The summed E-state index contributed by atoms with van der Waals surface area (Å²) in [5.41, 5.74) is 4.97. The summed E-state index contributed by atoms with van der Waals surface area (Å²) in [6.07, 6.45) is 0. The largest absolute Gasteiger partial charge is 0.241 e. The van der Waals surface area contributed by atoms with Gasteiger partial charge in [0.25, 0.3) is 0 Å². The molecule has 0 saturated carbocycles. The van der Waals surface area contributed by atoms with E-state index in [9.17, 15) is 8.42 Å². The van der Waals surface area contributed by atoms with E-state index in [0.717, 1.165) is 27.8 Å². The van der Waals surface area contributed by atoms with Crippen LogP contribution in [0.3, 0.4) is 0 Å². The first-order valence-corrected chi connectivity index (χ1v) is 8.41. The molecule has 1 N–H and O–H groups in total. The highest BCUT2D eigenvalue weighted by atomic mass is 32.2. The minimum atomic E-state index is -3.49. The lowest BCUT2D eigenvalue weighted by Gasteiger charge is -2.12. The minimum Gasteiger partial charge on any atom is -0.207 e. The summed E-state index contributed by atoms with van der Waals surface area (Å²) in [6.45, 7) is 8.04. The Bertz CT molecular complexity index is 747. The third kappa shape index (κ3) is 3.71. The molecule has 0 aromatic heterocycles. The van der Waals surface area contributed by atoms with Crippen molar-refractivity contribution in [3.05, 3.63) is 64.2 Å². The van der Waals surface area contributed by atoms with Crippen molar-refractivity contribution in [2.24, 2.45) is 0 Å². The maximum absolute atomic E-state index is 12.4. The third-order valence-electron chi connectivity index (χ3n) is 3.67. The number of aryl methyl sites for hydroxylation is 4. The predicted molar refractivity (Wildman–Crippen MR) is 85.9 cm³/mol. The summed E-state index contributed by atoms with van der Waals surface area (Å²) >= 11 is 0. The van der Waals surface area contributed by atoms with Gasteiger partial charge in [-0.15, -0.1) is 0 Å². The maximum Gasteiger partial charge on any atom is 0.241 e. The molecule has 3 nitrogen and oxygen atoms in total. The Kier molecular flexibility index (Phi) is 4.49. The third-order valence-corrected chi connectivity index (χ3v) is 5.21. The molecule has 0 radical (unpaired) electrons. The Hall–Kier alpha value is -1.65. The van der Waals surface area contributed by atoms with Crippen molar-refractivity contribution in [3.8, 4) is 0 Å². The highest BCUT2D eigenvalue weighted by molar-refractivity contribution is 7.89. The maximum atomic E-state index is 12.4. The number of nitrogens with one attached hydrogen (secondary N) is 1. The lowest BCUT2D eigenvalue weighted by atomic mass is 10.1. The second-order valence-electron chi connectivity index (χ2n) is 5.51. The molecule has 0 unspecified atom stereocenters. The van der Waals surface area contributed by atoms with Gasteiger partial charge >= 0.3 is 0 Å². The van der Waals surface area contributed by atoms with Crippen LogP contribution in [0.15, 0.2) is 41.3 Å². The normalized spacial score (nSPS) is 11.6. The van der Waals surface area contributed by atoms with Crippen LogP contribution in [0, 0.1) is 27.7 Å². The Balaban J connectivity index is 2.22. The van der Waals surface area contributed by atoms with Gasteiger partial charge in [-0.05, 0) is 56.0 Å². The van der Waals surface area contributed by atoms with Crippen LogP contribution in [0.1, 0.15) is 27.8 Å². The number of hydrogen-bond donors (Lipinski definition) is 1. The van der Waals surface area contributed by atoms with Crippen molar-refractivity contribution in [2.45, 2.75) is 39.1 Å². The molecule has 2 aromatic carbocycles. The van der Waals surface area contributed by atoms with Crippen molar-refractivity contribution < 1.29 is 8.42 Å². The number of hydrogen-bond acceptors (Lipinski definition) is 2. The van der Waals surface area contributed by atoms with E-state index >= 15 is 0 Å². The van der Waals surface area contributed by atoms with E-state index in [1.165, 1.54) is 0 Å². The van der Waals surface area contributed by atoms with Gasteiger partial charge in [-0.2, -0.15) is 0 Å². The monoisotopic (exact) mass is 303 g/mol. The van der Waals surface area contributed by atoms with E-state index in [4.69, 9.17) is 0 Å². The highest BCUT2D eigenvalue weighted by Gasteiger charge is 2.17. The molecule has 0 aliphatic rings. The van der Waals surface area contributed by atoms with E-state index in [2.05, 4.69) is 4.72 Å². The highest BCUT2D eigenvalue weighted by Crippen LogP contribution is 2.20. The summed E-state index contributed by atoms with van der Waals surface area (Å²) in [4.78, 5) is 0.359. The molecule has 0 atom stereocenters. The molecule has 0 aliphatic heterocycles. The van der Waals surface area contributed by atoms with Crippen LogP contribution in [-0.2, 0) is 16.6 Å². The van der Waals surface area contributed by atoms with Crippen LogP contribution in [0.4, 0.5) is 0 Å². The summed E-state index contributed by atoms with van der Waals surface area (Å²) in [5.74, 6) is 0. The van der Waals surface area contributed by atoms with Crippen molar-refractivity contribution in [1.29, 1.82) is 0 Å². The number of rotatable bonds is 4. The molecule has 0 saturated heterocycles. The van der Waals surface area contributed by atoms with Crippen molar-refractivity contribution in [2.75, 3.05) is 0 Å². The van der Waals surface area contributed by atoms with Gasteiger partial charge in [-0.25, -0.2) is 13.1 Å². The van der Waals surface area contributed by atoms with Crippen LogP contribution >= 0.6 is 0 Å². The van der Waals surface area contributed by atoms with Gasteiger partial charge in [-0.3, -0.25) is 0 Å². The zero-order valence-corrected chi connectivity index (χ0v) is 13.7. The topological polar surface area (TPSA) is 46.2 Å². The molecule has 2 rings (SSSR count). The molecule has 0 aliphatic carbocycles. The molecular formula is C17H21NO2S. The van der Waals surface area contributed by atoms with Crippen LogP contribution in [0.25, 0.3) is 0 Å². The van der Waals surface area contributed by atoms with Crippen molar-refractivity contribution in [3.63, 3.8) is 0 Å². The Morgan fingerprint density at radius 2 is 1.43 bits per heavy atom. The molecule has 4 heteroatoms. The fourth-order valence-electron chi connectivity index (χ4n) is 2.19. The first kappa shape index (κ1) is 15.7. The average Bonchev–Trinajstić information content (AvgIpc) is 2.42. The molecule has 0 bridgehead atoms. The fourth-order valence-corrected chi connectivity index (χ4v) is 3.51. The van der Waals surface area contributed by atoms with Gasteiger partial charge in [0.15, 0.2) is 0 Å². The van der Waals surface area contributed by atoms with Crippen molar-refractivity contribution >= 4 is 10.0 Å². The van der Waals surface area contributed by atoms with Gasteiger partial charge < -0.3 is 0 Å². The van der Waals surface area contributed by atoms with E-state index in [0.29, 0.717) is 11.4 Å². The Morgan fingerprint density at radius 3 is 2.05 bits per heavy atom. The van der Waals surface area contributed by atoms with Crippen LogP contribution in [0.5, 0.6) is 0 Å². The first-order valence-electron chi connectivity index (χ1n) is 6.92. The summed E-state index contributed by atoms with van der Waals surface area (Å²) in [6, 6.07) is 11.5. The van der Waals surface area contributed by atoms with E-state index in [1.54, 1.807) is 6.07 Å². The zero-order chi connectivity index (χ0) is 15.6. The van der Waals surface area contributed by atoms with E-state index in [1.807, 2.05) is 58.0 Å². The average molecular weight is 303 g/mol. The van der Waals surface area contributed by atoms with Gasteiger partial charge in [0.1, 0.15) is 0 Å². The molecule has 2 aromatic rings. The first-order chi connectivity index (χ1) is 9.79. The van der Waals surface area contributed by atoms with E-state index in [-0.39, 0.29) is 0 Å². The molecule has 0 heterocycles. The smallest absolute Gasteiger partial charge is 0.207 e. The molecule has 0 spiro atoms. The fraction of sp³-hybridized carbons (Fsp3) is 0.294. The van der Waals surface area contributed by atoms with Gasteiger partial charge in [0, 0.05) is 6.54 Å². The van der Waals surface area contributed by atoms with Gasteiger partial charge in [0.2, 0.25) is 10.0 Å². The molecule has 21 heavy (non-hydrogen) atoms. The van der Waals surface area contributed by atoms with Gasteiger partial charge in [-0.1, -0.05) is 35.9 Å². The summed E-state index contributed by atoms with van der Waals surface area (Å²) < 4.78 is 27.6. The van der Waals surface area contributed by atoms with Crippen LogP contribution < -0.4 is 4.72 Å². The lowest BCUT2D eigenvalue weighted by molar-refractivity contribution is 0.580. The Labute approximate surface area is 127 Å². The number of benzene rings is 2. The standard InChI is InChI=1S/C17H21NO2S/c1-12-5-7-16(8-6-12)11-18-21(19,20)17-10-14(3)13(2)9-15(17)4/h5-10,18H,11H2,1-4H3. The van der Waals surface area contributed by atoms with E-state index < -0.39 is 10.0 Å². The minimum absolute atomic E-state index is 0.301. The second-order valence-corrected chi connectivity index (χ2v) is 7.25. The molecule has 112 valence electrons. The van der Waals surface area contributed by atoms with Crippen LogP contribution in [-0.4, -0.2) is 8.42 Å².